The van der Waals surface area contributed by atoms with Gasteiger partial charge in [-0.15, -0.1) is 0 Å². The molecule has 1 aromatic carbocycles. The van der Waals surface area contributed by atoms with Crippen LogP contribution in [0.25, 0.3) is 0 Å². The Morgan fingerprint density at radius 3 is 2.86 bits per heavy atom. The number of phenols is 1. The first-order valence-electron chi connectivity index (χ1n) is 7.53. The van der Waals surface area contributed by atoms with Crippen molar-refractivity contribution in [3.63, 3.8) is 0 Å². The van der Waals surface area contributed by atoms with Gasteiger partial charge in [-0.25, -0.2) is 0 Å². The molecule has 2 aliphatic rings. The van der Waals surface area contributed by atoms with E-state index in [1.165, 1.54) is 6.42 Å². The SMILES string of the molecule is O=C(O)C1CC2CCCCC2N1Cc1cccc(O)c1Cl. The van der Waals surface area contributed by atoms with Gasteiger partial charge in [-0.05, 0) is 36.8 Å². The molecule has 2 fully saturated rings. The lowest BCUT2D eigenvalue weighted by Crippen LogP contribution is -2.41. The van der Waals surface area contributed by atoms with Gasteiger partial charge in [-0.2, -0.15) is 0 Å². The van der Waals surface area contributed by atoms with Crippen LogP contribution in [0.5, 0.6) is 5.75 Å². The van der Waals surface area contributed by atoms with Crippen molar-refractivity contribution in [2.24, 2.45) is 5.92 Å². The highest BCUT2D eigenvalue weighted by atomic mass is 35.5. The van der Waals surface area contributed by atoms with E-state index in [-0.39, 0.29) is 5.75 Å². The average Bonchev–Trinajstić information content (AvgIpc) is 2.83. The summed E-state index contributed by atoms with van der Waals surface area (Å²) in [5.41, 5.74) is 0.800. The van der Waals surface area contributed by atoms with Gasteiger partial charge in [0.25, 0.3) is 0 Å². The first-order valence-corrected chi connectivity index (χ1v) is 7.90. The van der Waals surface area contributed by atoms with E-state index < -0.39 is 12.0 Å². The number of likely N-dealkylation sites (tertiary alicyclic amines) is 1. The number of aliphatic carboxylic acids is 1. The molecule has 114 valence electrons. The predicted octanol–water partition coefficient (Wildman–Crippen LogP) is 3.26. The summed E-state index contributed by atoms with van der Waals surface area (Å²) in [6, 6.07) is 5.06. The van der Waals surface area contributed by atoms with Crippen LogP contribution >= 0.6 is 11.6 Å². The molecule has 2 N–H and O–H groups in total. The molecule has 0 aromatic heterocycles. The molecule has 0 bridgehead atoms. The molecule has 0 spiro atoms. The Balaban J connectivity index is 1.86. The fourth-order valence-electron chi connectivity index (χ4n) is 3.91. The third kappa shape index (κ3) is 2.74. The Morgan fingerprint density at radius 1 is 1.33 bits per heavy atom. The fraction of sp³-hybridized carbons (Fsp3) is 0.562. The maximum absolute atomic E-state index is 11.6. The average molecular weight is 310 g/mol. The van der Waals surface area contributed by atoms with Crippen LogP contribution in [0.4, 0.5) is 0 Å². The summed E-state index contributed by atoms with van der Waals surface area (Å²) in [6.45, 7) is 0.491. The van der Waals surface area contributed by atoms with Gasteiger partial charge < -0.3 is 10.2 Å². The minimum atomic E-state index is -0.749. The molecule has 21 heavy (non-hydrogen) atoms. The number of hydrogen-bond donors (Lipinski definition) is 2. The Morgan fingerprint density at radius 2 is 2.10 bits per heavy atom. The second-order valence-electron chi connectivity index (χ2n) is 6.12. The van der Waals surface area contributed by atoms with Crippen molar-refractivity contribution in [3.05, 3.63) is 28.8 Å². The number of carboxylic acids is 1. The van der Waals surface area contributed by atoms with Gasteiger partial charge in [0.05, 0.1) is 5.02 Å². The van der Waals surface area contributed by atoms with Crippen LogP contribution in [0.3, 0.4) is 0 Å². The molecule has 5 heteroatoms. The second-order valence-corrected chi connectivity index (χ2v) is 6.50. The van der Waals surface area contributed by atoms with Gasteiger partial charge >= 0.3 is 5.97 Å². The van der Waals surface area contributed by atoms with E-state index in [1.54, 1.807) is 12.1 Å². The van der Waals surface area contributed by atoms with Gasteiger partial charge in [-0.1, -0.05) is 36.6 Å². The topological polar surface area (TPSA) is 60.8 Å². The number of carboxylic acid groups (broad SMARTS) is 1. The molecule has 0 amide bonds. The van der Waals surface area contributed by atoms with Crippen LogP contribution in [0.2, 0.25) is 5.02 Å². The van der Waals surface area contributed by atoms with Crippen molar-refractivity contribution in [2.75, 3.05) is 0 Å². The Bertz CT molecular complexity index is 548. The number of halogens is 1. The van der Waals surface area contributed by atoms with E-state index in [2.05, 4.69) is 4.90 Å². The smallest absolute Gasteiger partial charge is 0.320 e. The van der Waals surface area contributed by atoms with E-state index in [0.29, 0.717) is 23.5 Å². The van der Waals surface area contributed by atoms with E-state index in [0.717, 1.165) is 31.2 Å². The molecule has 1 heterocycles. The van der Waals surface area contributed by atoms with Crippen molar-refractivity contribution < 1.29 is 15.0 Å². The molecule has 1 aliphatic carbocycles. The zero-order valence-electron chi connectivity index (χ0n) is 11.8. The molecule has 3 rings (SSSR count). The maximum Gasteiger partial charge on any atom is 0.320 e. The van der Waals surface area contributed by atoms with Crippen LogP contribution in [0.1, 0.15) is 37.7 Å². The van der Waals surface area contributed by atoms with E-state index in [1.807, 2.05) is 6.07 Å². The highest BCUT2D eigenvalue weighted by molar-refractivity contribution is 6.32. The van der Waals surface area contributed by atoms with Gasteiger partial charge in [-0.3, -0.25) is 9.69 Å². The summed E-state index contributed by atoms with van der Waals surface area (Å²) in [4.78, 5) is 13.6. The number of fused-ring (bicyclic) bond motifs is 1. The van der Waals surface area contributed by atoms with Crippen molar-refractivity contribution in [1.29, 1.82) is 0 Å². The maximum atomic E-state index is 11.6. The number of carbonyl (C=O) groups is 1. The van der Waals surface area contributed by atoms with Gasteiger partial charge in [0.15, 0.2) is 0 Å². The summed E-state index contributed by atoms with van der Waals surface area (Å²) in [5, 5.41) is 19.6. The molecule has 3 unspecified atom stereocenters. The summed E-state index contributed by atoms with van der Waals surface area (Å²) >= 11 is 6.15. The van der Waals surface area contributed by atoms with Crippen molar-refractivity contribution in [2.45, 2.75) is 50.7 Å². The summed E-state index contributed by atoms with van der Waals surface area (Å²) in [6.07, 6.45) is 5.28. The molecular weight excluding hydrogens is 290 g/mol. The monoisotopic (exact) mass is 309 g/mol. The third-order valence-corrected chi connectivity index (χ3v) is 5.35. The summed E-state index contributed by atoms with van der Waals surface area (Å²) < 4.78 is 0. The zero-order valence-corrected chi connectivity index (χ0v) is 12.6. The Kier molecular flexibility index (Phi) is 4.09. The summed E-state index contributed by atoms with van der Waals surface area (Å²) in [5.74, 6) is -0.211. The van der Waals surface area contributed by atoms with Crippen LogP contribution in [-0.4, -0.2) is 33.2 Å². The van der Waals surface area contributed by atoms with E-state index in [4.69, 9.17) is 11.6 Å². The first-order chi connectivity index (χ1) is 10.1. The van der Waals surface area contributed by atoms with Crippen LogP contribution in [0.15, 0.2) is 18.2 Å². The first kappa shape index (κ1) is 14.7. The van der Waals surface area contributed by atoms with E-state index >= 15 is 0 Å². The lowest BCUT2D eigenvalue weighted by Gasteiger charge is -2.33. The predicted molar refractivity (Wildman–Crippen MR) is 80.4 cm³/mol. The highest BCUT2D eigenvalue weighted by Gasteiger charge is 2.45. The molecule has 1 saturated heterocycles. The highest BCUT2D eigenvalue weighted by Crippen LogP contribution is 2.41. The number of rotatable bonds is 3. The van der Waals surface area contributed by atoms with Gasteiger partial charge in [0, 0.05) is 12.6 Å². The number of benzene rings is 1. The largest absolute Gasteiger partial charge is 0.506 e. The van der Waals surface area contributed by atoms with Gasteiger partial charge in [0.2, 0.25) is 0 Å². The fourth-order valence-corrected chi connectivity index (χ4v) is 4.09. The lowest BCUT2D eigenvalue weighted by atomic mass is 9.84. The molecule has 0 radical (unpaired) electrons. The van der Waals surface area contributed by atoms with Gasteiger partial charge in [0.1, 0.15) is 11.8 Å². The zero-order chi connectivity index (χ0) is 15.0. The third-order valence-electron chi connectivity index (χ3n) is 4.92. The van der Waals surface area contributed by atoms with Crippen molar-refractivity contribution >= 4 is 17.6 Å². The molecular formula is C16H20ClNO3. The number of phenolic OH excluding ortho intramolecular Hbond substituents is 1. The van der Waals surface area contributed by atoms with Crippen LogP contribution < -0.4 is 0 Å². The van der Waals surface area contributed by atoms with E-state index in [9.17, 15) is 15.0 Å². The van der Waals surface area contributed by atoms with Crippen LogP contribution in [-0.2, 0) is 11.3 Å². The normalized spacial score (nSPS) is 29.3. The molecule has 1 aromatic rings. The standard InChI is InChI=1S/C16H20ClNO3/c17-15-11(5-3-7-14(15)19)9-18-12-6-2-1-4-10(12)8-13(18)16(20)21/h3,5,7,10,12-13,19H,1-2,4,6,8-9H2,(H,20,21). The van der Waals surface area contributed by atoms with Crippen molar-refractivity contribution in [1.82, 2.24) is 4.90 Å². The van der Waals surface area contributed by atoms with Crippen molar-refractivity contribution in [3.8, 4) is 5.75 Å². The molecule has 3 atom stereocenters. The quantitative estimate of drug-likeness (QED) is 0.899. The minimum Gasteiger partial charge on any atom is -0.506 e. The molecule has 1 aliphatic heterocycles. The second kappa shape index (κ2) is 5.85. The number of nitrogens with zero attached hydrogens (tertiary/aromatic N) is 1. The molecule has 4 nitrogen and oxygen atoms in total. The minimum absolute atomic E-state index is 0.0560. The molecule has 1 saturated carbocycles. The Labute approximate surface area is 129 Å². The number of aromatic hydroxyl groups is 1. The number of hydrogen-bond acceptors (Lipinski definition) is 3. The Hall–Kier alpha value is -1.26. The summed E-state index contributed by atoms with van der Waals surface area (Å²) in [7, 11) is 0. The lowest BCUT2D eigenvalue weighted by molar-refractivity contribution is -0.142. The van der Waals surface area contributed by atoms with Crippen LogP contribution in [0, 0.1) is 5.92 Å².